The quantitative estimate of drug-likeness (QED) is 0.331. The molecule has 11 heteroatoms. The molecule has 0 bridgehead atoms. The van der Waals surface area contributed by atoms with Crippen molar-refractivity contribution in [3.8, 4) is 11.4 Å². The van der Waals surface area contributed by atoms with Crippen LogP contribution in [0, 0.1) is 12.7 Å². The van der Waals surface area contributed by atoms with E-state index in [-0.39, 0.29) is 30.0 Å². The van der Waals surface area contributed by atoms with E-state index < -0.39 is 11.7 Å². The zero-order valence-electron chi connectivity index (χ0n) is 23.4. The lowest BCUT2D eigenvalue weighted by Crippen LogP contribution is -2.42. The molecule has 3 heterocycles. The molecule has 1 aliphatic rings. The molecule has 2 aromatic carbocycles. The Morgan fingerprint density at radius 2 is 2.02 bits per heavy atom. The van der Waals surface area contributed by atoms with Crippen LogP contribution in [0.4, 0.5) is 4.39 Å². The maximum Gasteiger partial charge on any atom is 0.255 e. The number of hydrogen-bond acceptors (Lipinski definition) is 7. The van der Waals surface area contributed by atoms with E-state index >= 15 is 4.39 Å². The van der Waals surface area contributed by atoms with Crippen molar-refractivity contribution in [2.45, 2.75) is 52.4 Å². The Morgan fingerprint density at radius 1 is 1.20 bits per heavy atom. The first-order chi connectivity index (χ1) is 19.2. The number of aromatic nitrogens is 5. The maximum atomic E-state index is 15.3. The summed E-state index contributed by atoms with van der Waals surface area (Å²) in [5.74, 6) is -0.899. The number of carbonyl (C=O) groups excluding carboxylic acids is 1. The fourth-order valence-corrected chi connectivity index (χ4v) is 5.15. The molecule has 1 amide bonds. The van der Waals surface area contributed by atoms with E-state index in [1.54, 1.807) is 37.2 Å². The van der Waals surface area contributed by atoms with Crippen LogP contribution in [0.5, 0.6) is 5.75 Å². The van der Waals surface area contributed by atoms with E-state index in [0.717, 1.165) is 18.5 Å². The third kappa shape index (κ3) is 5.47. The smallest absolute Gasteiger partial charge is 0.255 e. The number of ether oxygens (including phenoxy) is 2. The summed E-state index contributed by atoms with van der Waals surface area (Å²) in [6, 6.07) is 9.69. The maximum absolute atomic E-state index is 15.3. The van der Waals surface area contributed by atoms with E-state index in [4.69, 9.17) is 9.47 Å². The minimum Gasteiger partial charge on any atom is -0.494 e. The molecule has 0 spiro atoms. The molecule has 40 heavy (non-hydrogen) atoms. The third-order valence-corrected chi connectivity index (χ3v) is 7.20. The fraction of sp³-hybridized carbons (Fsp3) is 0.379. The van der Waals surface area contributed by atoms with Gasteiger partial charge in [0.15, 0.2) is 11.6 Å². The molecule has 10 nitrogen and oxygen atoms in total. The number of fused-ring (bicyclic) bond motifs is 1. The monoisotopic (exact) mass is 547 g/mol. The van der Waals surface area contributed by atoms with E-state index in [2.05, 4.69) is 58.1 Å². The lowest BCUT2D eigenvalue weighted by molar-refractivity contribution is 0.0945. The highest BCUT2D eigenvalue weighted by Crippen LogP contribution is 2.29. The number of methoxy groups -OCH3 is 2. The number of hydrogen-bond donors (Lipinski definition) is 2. The molecule has 0 aliphatic carbocycles. The van der Waals surface area contributed by atoms with Gasteiger partial charge < -0.3 is 20.1 Å². The van der Waals surface area contributed by atoms with Gasteiger partial charge in [-0.05, 0) is 62.6 Å². The Balaban J connectivity index is 1.39. The van der Waals surface area contributed by atoms with E-state index in [1.807, 2.05) is 0 Å². The molecule has 0 fully saturated rings. The topological polar surface area (TPSA) is 108 Å². The lowest BCUT2D eigenvalue weighted by Gasteiger charge is -2.34. The van der Waals surface area contributed by atoms with Crippen molar-refractivity contribution < 1.29 is 18.7 Å². The summed E-state index contributed by atoms with van der Waals surface area (Å²) in [6.07, 6.45) is 4.39. The van der Waals surface area contributed by atoms with E-state index in [9.17, 15) is 4.79 Å². The van der Waals surface area contributed by atoms with E-state index in [0.29, 0.717) is 29.2 Å². The lowest BCUT2D eigenvalue weighted by atomic mass is 9.84. The average Bonchev–Trinajstić information content (AvgIpc) is 3.54. The van der Waals surface area contributed by atoms with E-state index in [1.165, 1.54) is 29.0 Å². The van der Waals surface area contributed by atoms with Gasteiger partial charge in [-0.25, -0.2) is 9.07 Å². The molecule has 0 atom stereocenters. The predicted molar refractivity (Wildman–Crippen MR) is 147 cm³/mol. The van der Waals surface area contributed by atoms with Crippen LogP contribution in [0.3, 0.4) is 0 Å². The molecule has 210 valence electrons. The summed E-state index contributed by atoms with van der Waals surface area (Å²) in [6.45, 7) is 7.67. The summed E-state index contributed by atoms with van der Waals surface area (Å²) in [5.41, 5.74) is 5.82. The Kier molecular flexibility index (Phi) is 7.68. The summed E-state index contributed by atoms with van der Waals surface area (Å²) >= 11 is 0. The second-order valence-electron chi connectivity index (χ2n) is 10.5. The van der Waals surface area contributed by atoms with Crippen molar-refractivity contribution in [3.05, 3.63) is 87.7 Å². The second-order valence-corrected chi connectivity index (χ2v) is 10.5. The molecule has 0 saturated heterocycles. The minimum atomic E-state index is -0.578. The first kappa shape index (κ1) is 27.5. The van der Waals surface area contributed by atoms with Crippen LogP contribution in [-0.4, -0.2) is 51.4 Å². The van der Waals surface area contributed by atoms with Crippen molar-refractivity contribution in [1.29, 1.82) is 0 Å². The van der Waals surface area contributed by atoms with Gasteiger partial charge in [0.05, 0.1) is 43.4 Å². The number of halogens is 1. The number of benzene rings is 2. The highest BCUT2D eigenvalue weighted by atomic mass is 19.1. The van der Waals surface area contributed by atoms with Crippen molar-refractivity contribution in [3.63, 3.8) is 0 Å². The summed E-state index contributed by atoms with van der Waals surface area (Å²) in [5, 5.41) is 19.1. The van der Waals surface area contributed by atoms with Crippen molar-refractivity contribution >= 4 is 5.91 Å². The van der Waals surface area contributed by atoms with Crippen LogP contribution in [0.1, 0.15) is 57.8 Å². The minimum absolute atomic E-state index is 0.0705. The molecular weight excluding hydrogens is 513 g/mol. The number of carbonyl (C=O) groups is 1. The average molecular weight is 548 g/mol. The van der Waals surface area contributed by atoms with Gasteiger partial charge in [0, 0.05) is 31.0 Å². The number of nitrogens with one attached hydrogen (secondary N) is 2. The van der Waals surface area contributed by atoms with Crippen molar-refractivity contribution in [1.82, 2.24) is 35.4 Å². The van der Waals surface area contributed by atoms with Crippen LogP contribution in [0.15, 0.2) is 42.7 Å². The van der Waals surface area contributed by atoms with Gasteiger partial charge in [0.1, 0.15) is 5.69 Å². The van der Waals surface area contributed by atoms with Crippen LogP contribution < -0.4 is 15.4 Å². The Bertz CT molecular complexity index is 1540. The number of amides is 1. The summed E-state index contributed by atoms with van der Waals surface area (Å²) in [7, 11) is 2.95. The number of rotatable bonds is 9. The first-order valence-corrected chi connectivity index (χ1v) is 13.2. The largest absolute Gasteiger partial charge is 0.494 e. The highest BCUT2D eigenvalue weighted by Gasteiger charge is 2.27. The molecule has 0 saturated carbocycles. The summed E-state index contributed by atoms with van der Waals surface area (Å²) in [4.78, 5) is 13.4. The predicted octanol–water partition coefficient (Wildman–Crippen LogP) is 3.43. The van der Waals surface area contributed by atoms with Gasteiger partial charge in [-0.2, -0.15) is 5.10 Å². The van der Waals surface area contributed by atoms with Crippen LogP contribution >= 0.6 is 0 Å². The van der Waals surface area contributed by atoms with Crippen LogP contribution in [-0.2, 0) is 36.4 Å². The van der Waals surface area contributed by atoms with Gasteiger partial charge in [0.25, 0.3) is 5.91 Å². The zero-order chi connectivity index (χ0) is 28.4. The van der Waals surface area contributed by atoms with Gasteiger partial charge in [0.2, 0.25) is 0 Å². The Morgan fingerprint density at radius 3 is 2.75 bits per heavy atom. The normalized spacial score (nSPS) is 14.2. The molecule has 1 aliphatic heterocycles. The Hall–Kier alpha value is -4.09. The van der Waals surface area contributed by atoms with Crippen LogP contribution in [0.25, 0.3) is 5.69 Å². The van der Waals surface area contributed by atoms with Gasteiger partial charge in [-0.15, -0.1) is 5.10 Å². The molecule has 2 aromatic heterocycles. The van der Waals surface area contributed by atoms with Crippen molar-refractivity contribution in [2.75, 3.05) is 20.8 Å². The standard InChI is InChI=1S/C29H34FN7O3/c1-18-14-37(35-33-18)25-8-9-26(40-5)27(30)21(25)13-31-28(38)22-16-36(34-24(22)17-39-4)15-19-6-7-20-10-11-32-29(2,3)23(20)12-19/h6-9,12,14,16,32H,10-11,13,15,17H2,1-5H3,(H,31,38). The number of nitrogens with zero attached hydrogens (tertiary/aromatic N) is 5. The fourth-order valence-electron chi connectivity index (χ4n) is 5.15. The van der Waals surface area contributed by atoms with Gasteiger partial charge in [-0.1, -0.05) is 23.4 Å². The molecular formula is C29H34FN7O3. The Labute approximate surface area is 232 Å². The third-order valence-electron chi connectivity index (χ3n) is 7.20. The zero-order valence-corrected chi connectivity index (χ0v) is 23.4. The van der Waals surface area contributed by atoms with Gasteiger partial charge >= 0.3 is 0 Å². The van der Waals surface area contributed by atoms with Crippen LogP contribution in [0.2, 0.25) is 0 Å². The van der Waals surface area contributed by atoms with Gasteiger partial charge in [-0.3, -0.25) is 9.48 Å². The molecule has 0 radical (unpaired) electrons. The number of aryl methyl sites for hydroxylation is 1. The first-order valence-electron chi connectivity index (χ1n) is 13.2. The SMILES string of the molecule is COCc1nn(Cc2ccc3c(c2)C(C)(C)NCC3)cc1C(=O)NCc1c(-n2cc(C)nn2)ccc(OC)c1F. The highest BCUT2D eigenvalue weighted by molar-refractivity contribution is 5.95. The van der Waals surface area contributed by atoms with Crippen molar-refractivity contribution in [2.24, 2.45) is 0 Å². The molecule has 0 unspecified atom stereocenters. The second kappa shape index (κ2) is 11.2. The molecule has 2 N–H and O–H groups in total. The molecule has 4 aromatic rings. The molecule has 5 rings (SSSR count). The summed E-state index contributed by atoms with van der Waals surface area (Å²) < 4.78 is 29.0.